The fraction of sp³-hybridized carbons (Fsp3) is 0.286. The van der Waals surface area contributed by atoms with Crippen molar-refractivity contribution in [2.75, 3.05) is 12.8 Å². The molecule has 0 aliphatic carbocycles. The summed E-state index contributed by atoms with van der Waals surface area (Å²) in [5, 5.41) is 13.0. The highest BCUT2D eigenvalue weighted by Gasteiger charge is 2.17. The van der Waals surface area contributed by atoms with Crippen LogP contribution in [-0.2, 0) is 4.79 Å². The summed E-state index contributed by atoms with van der Waals surface area (Å²) in [5.41, 5.74) is 1.64. The van der Waals surface area contributed by atoms with Crippen molar-refractivity contribution >= 4 is 46.2 Å². The zero-order valence-electron chi connectivity index (χ0n) is 11.9. The second kappa shape index (κ2) is 8.33. The molecule has 0 aromatic carbocycles. The Bertz CT molecular complexity index is 625. The van der Waals surface area contributed by atoms with Crippen LogP contribution in [0.3, 0.4) is 0 Å². The number of nitrogens with one attached hydrogen (secondary N) is 2. The molecule has 22 heavy (non-hydrogen) atoms. The van der Waals surface area contributed by atoms with Gasteiger partial charge in [0, 0.05) is 16.3 Å². The van der Waals surface area contributed by atoms with Gasteiger partial charge in [0.1, 0.15) is 0 Å². The second-order valence-electron chi connectivity index (χ2n) is 4.39. The molecule has 5 nitrogen and oxygen atoms in total. The molecule has 2 aromatic rings. The van der Waals surface area contributed by atoms with E-state index in [1.54, 1.807) is 23.1 Å². The topological polar surface area (TPSA) is 78.4 Å². The first-order valence-electron chi connectivity index (χ1n) is 6.54. The summed E-state index contributed by atoms with van der Waals surface area (Å²) in [6.07, 6.45) is 2.25. The molecule has 0 aliphatic rings. The summed E-state index contributed by atoms with van der Waals surface area (Å²) < 4.78 is 0. The summed E-state index contributed by atoms with van der Waals surface area (Å²) >= 11 is 4.42. The average molecular weight is 356 g/mol. The highest BCUT2D eigenvalue weighted by Crippen LogP contribution is 2.31. The van der Waals surface area contributed by atoms with Gasteiger partial charge in [-0.1, -0.05) is 6.07 Å². The Morgan fingerprint density at radius 3 is 2.77 bits per heavy atom. The predicted octanol–water partition coefficient (Wildman–Crippen LogP) is 2.83. The predicted molar refractivity (Wildman–Crippen MR) is 91.8 cm³/mol. The molecule has 1 atom stereocenters. The van der Waals surface area contributed by atoms with E-state index in [2.05, 4.69) is 5.32 Å². The lowest BCUT2D eigenvalue weighted by Crippen LogP contribution is -2.33. The Kier molecular flexibility index (Phi) is 6.44. The summed E-state index contributed by atoms with van der Waals surface area (Å²) in [7, 11) is 0. The van der Waals surface area contributed by atoms with Gasteiger partial charge in [-0.15, -0.1) is 22.7 Å². The van der Waals surface area contributed by atoms with Gasteiger partial charge in [0.25, 0.3) is 11.8 Å². The lowest BCUT2D eigenvalue weighted by Gasteiger charge is -2.12. The number of thioether (sulfide) groups is 1. The Morgan fingerprint density at radius 2 is 2.14 bits per heavy atom. The van der Waals surface area contributed by atoms with Crippen molar-refractivity contribution in [1.82, 2.24) is 10.8 Å². The van der Waals surface area contributed by atoms with E-state index in [0.717, 1.165) is 9.75 Å². The summed E-state index contributed by atoms with van der Waals surface area (Å²) in [5.74, 6) is -0.588. The third kappa shape index (κ3) is 4.33. The van der Waals surface area contributed by atoms with Gasteiger partial charge in [-0.25, -0.2) is 5.48 Å². The molecule has 0 spiro atoms. The van der Waals surface area contributed by atoms with Crippen LogP contribution in [0, 0.1) is 0 Å². The van der Waals surface area contributed by atoms with Crippen LogP contribution >= 0.6 is 34.4 Å². The summed E-state index contributed by atoms with van der Waals surface area (Å²) in [4.78, 5) is 26.3. The molecule has 2 aromatic heterocycles. The molecule has 0 bridgehead atoms. The van der Waals surface area contributed by atoms with Crippen LogP contribution < -0.4 is 10.8 Å². The van der Waals surface area contributed by atoms with Crippen LogP contribution in [0.15, 0.2) is 29.6 Å². The number of amides is 2. The second-order valence-corrected chi connectivity index (χ2v) is 7.46. The lowest BCUT2D eigenvalue weighted by molar-refractivity contribution is -0.128. The van der Waals surface area contributed by atoms with Crippen LogP contribution in [0.5, 0.6) is 0 Å². The third-order valence-corrected chi connectivity index (χ3v) is 6.14. The van der Waals surface area contributed by atoms with Gasteiger partial charge in [-0.05, 0) is 36.3 Å². The molecule has 2 rings (SSSR count). The van der Waals surface area contributed by atoms with Crippen molar-refractivity contribution in [2.45, 2.75) is 11.7 Å². The number of hydrogen-bond donors (Lipinski definition) is 3. The number of hydroxylamine groups is 1. The quantitative estimate of drug-likeness (QED) is 0.526. The Hall–Kier alpha value is -1.35. The SMILES string of the molecule is CSC(CCNC(=O)c1ccc(-c2cccs2)s1)C(=O)NO. The molecule has 1 unspecified atom stereocenters. The molecular formula is C14H16N2O3S3. The minimum atomic E-state index is -0.446. The number of thiophene rings is 2. The van der Waals surface area contributed by atoms with E-state index in [-0.39, 0.29) is 11.2 Å². The van der Waals surface area contributed by atoms with E-state index in [0.29, 0.717) is 17.8 Å². The number of carbonyl (C=O) groups is 2. The Morgan fingerprint density at radius 1 is 1.32 bits per heavy atom. The van der Waals surface area contributed by atoms with Gasteiger partial charge in [-0.3, -0.25) is 14.8 Å². The van der Waals surface area contributed by atoms with Gasteiger partial charge in [-0.2, -0.15) is 11.8 Å². The van der Waals surface area contributed by atoms with E-state index in [9.17, 15) is 9.59 Å². The first kappa shape index (κ1) is 17.0. The van der Waals surface area contributed by atoms with E-state index in [1.807, 2.05) is 29.6 Å². The van der Waals surface area contributed by atoms with E-state index >= 15 is 0 Å². The third-order valence-electron chi connectivity index (χ3n) is 2.97. The first-order valence-corrected chi connectivity index (χ1v) is 9.52. The number of hydrogen-bond acceptors (Lipinski definition) is 6. The molecular weight excluding hydrogens is 340 g/mol. The minimum absolute atomic E-state index is 0.142. The molecule has 118 valence electrons. The highest BCUT2D eigenvalue weighted by atomic mass is 32.2. The Balaban J connectivity index is 1.86. The van der Waals surface area contributed by atoms with Gasteiger partial charge >= 0.3 is 0 Å². The molecule has 2 amide bonds. The molecule has 8 heteroatoms. The van der Waals surface area contributed by atoms with Crippen LogP contribution in [0.25, 0.3) is 9.75 Å². The van der Waals surface area contributed by atoms with Crippen LogP contribution in [0.4, 0.5) is 0 Å². The fourth-order valence-corrected chi connectivity index (χ4v) is 4.22. The van der Waals surface area contributed by atoms with Gasteiger partial charge in [0.05, 0.1) is 10.1 Å². The number of carbonyl (C=O) groups excluding carboxylic acids is 2. The zero-order chi connectivity index (χ0) is 15.9. The normalized spacial score (nSPS) is 11.9. The van der Waals surface area contributed by atoms with Crippen molar-refractivity contribution in [3.8, 4) is 9.75 Å². The lowest BCUT2D eigenvalue weighted by atomic mass is 10.3. The van der Waals surface area contributed by atoms with Crippen LogP contribution in [0.2, 0.25) is 0 Å². The zero-order valence-corrected chi connectivity index (χ0v) is 14.3. The molecule has 0 saturated carbocycles. The molecule has 0 radical (unpaired) electrons. The molecule has 0 aliphatic heterocycles. The largest absolute Gasteiger partial charge is 0.351 e. The molecule has 0 fully saturated rings. The van der Waals surface area contributed by atoms with Gasteiger partial charge in [0.2, 0.25) is 0 Å². The highest BCUT2D eigenvalue weighted by molar-refractivity contribution is 7.99. The maximum Gasteiger partial charge on any atom is 0.261 e. The minimum Gasteiger partial charge on any atom is -0.351 e. The average Bonchev–Trinajstić information content (AvgIpc) is 3.21. The monoisotopic (exact) mass is 356 g/mol. The first-order chi connectivity index (χ1) is 10.7. The van der Waals surface area contributed by atoms with Crippen molar-refractivity contribution < 1.29 is 14.8 Å². The van der Waals surface area contributed by atoms with Crippen molar-refractivity contribution in [3.05, 3.63) is 34.5 Å². The van der Waals surface area contributed by atoms with E-state index in [1.165, 1.54) is 23.1 Å². The summed E-state index contributed by atoms with van der Waals surface area (Å²) in [6.45, 7) is 0.379. The van der Waals surface area contributed by atoms with Gasteiger partial charge in [0.15, 0.2) is 0 Å². The Labute approximate surface area is 140 Å². The van der Waals surface area contributed by atoms with Crippen molar-refractivity contribution in [1.29, 1.82) is 0 Å². The maximum absolute atomic E-state index is 12.1. The van der Waals surface area contributed by atoms with E-state index < -0.39 is 5.91 Å². The van der Waals surface area contributed by atoms with Crippen LogP contribution in [0.1, 0.15) is 16.1 Å². The molecule has 0 saturated heterocycles. The maximum atomic E-state index is 12.1. The smallest absolute Gasteiger partial charge is 0.261 e. The van der Waals surface area contributed by atoms with Crippen molar-refractivity contribution in [2.24, 2.45) is 0 Å². The van der Waals surface area contributed by atoms with Crippen molar-refractivity contribution in [3.63, 3.8) is 0 Å². The fourth-order valence-electron chi connectivity index (χ4n) is 1.84. The van der Waals surface area contributed by atoms with E-state index in [4.69, 9.17) is 5.21 Å². The molecule has 3 N–H and O–H groups in total. The standard InChI is InChI=1S/C14H16N2O3S3/c1-20-11(14(18)16-19)6-7-15-13(17)12-5-4-10(22-12)9-3-2-8-21-9/h2-5,8,11,19H,6-7H2,1H3,(H,15,17)(H,16,18). The number of rotatable bonds is 7. The van der Waals surface area contributed by atoms with Crippen LogP contribution in [-0.4, -0.2) is 35.1 Å². The summed E-state index contributed by atoms with van der Waals surface area (Å²) in [6, 6.07) is 7.75. The molecule has 2 heterocycles. The van der Waals surface area contributed by atoms with Gasteiger partial charge < -0.3 is 5.32 Å².